The van der Waals surface area contributed by atoms with Crippen molar-refractivity contribution in [1.82, 2.24) is 4.98 Å². The number of carbonyl (C=O) groups excluding carboxylic acids is 1. The zero-order valence-electron chi connectivity index (χ0n) is 10.4. The molecule has 0 aromatic carbocycles. The molecule has 1 heterocycles. The smallest absolute Gasteiger partial charge is 0.138 e. The lowest BCUT2D eigenvalue weighted by atomic mass is 9.95. The zero-order chi connectivity index (χ0) is 13.0. The van der Waals surface area contributed by atoms with Gasteiger partial charge in [-0.2, -0.15) is 0 Å². The predicted octanol–water partition coefficient (Wildman–Crippen LogP) is 2.78. The molecule has 0 fully saturated rings. The number of ketones is 1. The molecule has 0 bridgehead atoms. The Morgan fingerprint density at radius 2 is 2.39 bits per heavy atom. The molecule has 0 saturated heterocycles. The standard InChI is InChI=1S/C14H16FNO2/c1-2-10(7-15)9-18-13-6-11-5-12(17)3-4-14(11)16-8-13/h6-8H,2-5,9H2,1H3/b10-7-. The molecule has 0 atom stereocenters. The third-order valence-electron chi connectivity index (χ3n) is 3.10. The van der Waals surface area contributed by atoms with Crippen molar-refractivity contribution in [2.45, 2.75) is 32.6 Å². The molecule has 0 N–H and O–H groups in total. The fourth-order valence-electron chi connectivity index (χ4n) is 1.92. The van der Waals surface area contributed by atoms with Gasteiger partial charge in [0.1, 0.15) is 18.1 Å². The molecular weight excluding hydrogens is 233 g/mol. The van der Waals surface area contributed by atoms with Crippen LogP contribution < -0.4 is 4.74 Å². The Balaban J connectivity index is 2.07. The van der Waals surface area contributed by atoms with E-state index < -0.39 is 0 Å². The van der Waals surface area contributed by atoms with Crippen LogP contribution in [0.5, 0.6) is 5.75 Å². The van der Waals surface area contributed by atoms with Gasteiger partial charge in [-0.3, -0.25) is 9.78 Å². The Labute approximate surface area is 106 Å². The number of hydrogen-bond donors (Lipinski definition) is 0. The zero-order valence-corrected chi connectivity index (χ0v) is 10.4. The monoisotopic (exact) mass is 249 g/mol. The maximum absolute atomic E-state index is 12.4. The summed E-state index contributed by atoms with van der Waals surface area (Å²) < 4.78 is 17.9. The number of aryl methyl sites for hydroxylation is 1. The summed E-state index contributed by atoms with van der Waals surface area (Å²) in [5.74, 6) is 0.829. The van der Waals surface area contributed by atoms with Crippen LogP contribution in [0.4, 0.5) is 4.39 Å². The molecule has 1 aromatic rings. The summed E-state index contributed by atoms with van der Waals surface area (Å²) in [7, 11) is 0. The summed E-state index contributed by atoms with van der Waals surface area (Å²) in [4.78, 5) is 15.7. The molecule has 1 aliphatic carbocycles. The van der Waals surface area contributed by atoms with Gasteiger partial charge in [-0.25, -0.2) is 4.39 Å². The molecule has 4 heteroatoms. The van der Waals surface area contributed by atoms with Gasteiger partial charge in [0.25, 0.3) is 0 Å². The molecule has 0 unspecified atom stereocenters. The first kappa shape index (κ1) is 12.7. The van der Waals surface area contributed by atoms with Crippen LogP contribution in [-0.4, -0.2) is 17.4 Å². The fraction of sp³-hybridized carbons (Fsp3) is 0.429. The molecule has 96 valence electrons. The van der Waals surface area contributed by atoms with Gasteiger partial charge in [0.15, 0.2) is 0 Å². The van der Waals surface area contributed by atoms with Gasteiger partial charge in [0.2, 0.25) is 0 Å². The first-order valence-corrected chi connectivity index (χ1v) is 6.13. The topological polar surface area (TPSA) is 39.2 Å². The van der Waals surface area contributed by atoms with Gasteiger partial charge >= 0.3 is 0 Å². The highest BCUT2D eigenvalue weighted by Gasteiger charge is 2.17. The molecule has 0 spiro atoms. The van der Waals surface area contributed by atoms with E-state index in [4.69, 9.17) is 4.74 Å². The highest BCUT2D eigenvalue weighted by atomic mass is 19.1. The van der Waals surface area contributed by atoms with Crippen molar-refractivity contribution in [2.75, 3.05) is 6.61 Å². The van der Waals surface area contributed by atoms with E-state index in [0.717, 1.165) is 11.3 Å². The van der Waals surface area contributed by atoms with Gasteiger partial charge in [0, 0.05) is 18.5 Å². The van der Waals surface area contributed by atoms with Gasteiger partial charge in [-0.15, -0.1) is 0 Å². The van der Waals surface area contributed by atoms with Crippen molar-refractivity contribution in [3.63, 3.8) is 0 Å². The lowest BCUT2D eigenvalue weighted by Crippen LogP contribution is -2.15. The van der Waals surface area contributed by atoms with Gasteiger partial charge in [-0.1, -0.05) is 6.92 Å². The van der Waals surface area contributed by atoms with E-state index in [9.17, 15) is 9.18 Å². The first-order valence-electron chi connectivity index (χ1n) is 6.13. The van der Waals surface area contributed by atoms with Crippen molar-refractivity contribution in [2.24, 2.45) is 0 Å². The summed E-state index contributed by atoms with van der Waals surface area (Å²) in [5, 5.41) is 0. The molecule has 1 aromatic heterocycles. The van der Waals surface area contributed by atoms with Crippen LogP contribution in [0.2, 0.25) is 0 Å². The van der Waals surface area contributed by atoms with Crippen LogP contribution in [0.25, 0.3) is 0 Å². The lowest BCUT2D eigenvalue weighted by Gasteiger charge is -2.15. The number of nitrogens with zero attached hydrogens (tertiary/aromatic N) is 1. The molecule has 3 nitrogen and oxygen atoms in total. The molecule has 18 heavy (non-hydrogen) atoms. The van der Waals surface area contributed by atoms with Crippen molar-refractivity contribution in [1.29, 1.82) is 0 Å². The number of rotatable bonds is 4. The highest BCUT2D eigenvalue weighted by molar-refractivity contribution is 5.83. The van der Waals surface area contributed by atoms with E-state index >= 15 is 0 Å². The quantitative estimate of drug-likeness (QED) is 0.823. The minimum Gasteiger partial charge on any atom is -0.488 e. The fourth-order valence-corrected chi connectivity index (χ4v) is 1.92. The largest absolute Gasteiger partial charge is 0.488 e. The molecular formula is C14H16FNO2. The summed E-state index contributed by atoms with van der Waals surface area (Å²) in [6, 6.07) is 1.84. The minimum atomic E-state index is 0.224. The maximum atomic E-state index is 12.4. The van der Waals surface area contributed by atoms with E-state index in [1.807, 2.05) is 13.0 Å². The van der Waals surface area contributed by atoms with Crippen LogP contribution in [0.3, 0.4) is 0 Å². The van der Waals surface area contributed by atoms with Crippen LogP contribution in [-0.2, 0) is 17.6 Å². The molecule has 0 amide bonds. The normalized spacial score (nSPS) is 15.4. The second-order valence-electron chi connectivity index (χ2n) is 4.40. The van der Waals surface area contributed by atoms with Crippen LogP contribution in [0.15, 0.2) is 24.2 Å². The number of hydrogen-bond acceptors (Lipinski definition) is 3. The van der Waals surface area contributed by atoms with E-state index in [1.165, 1.54) is 0 Å². The predicted molar refractivity (Wildman–Crippen MR) is 66.2 cm³/mol. The van der Waals surface area contributed by atoms with Gasteiger partial charge in [0.05, 0.1) is 12.5 Å². The lowest BCUT2D eigenvalue weighted by molar-refractivity contribution is -0.118. The Morgan fingerprint density at radius 3 is 3.11 bits per heavy atom. The number of Topliss-reactive ketones (excluding diaryl/α,β-unsaturated/α-hetero) is 1. The number of halogens is 1. The summed E-state index contributed by atoms with van der Waals surface area (Å²) in [6.07, 6.45) is 4.55. The average Bonchev–Trinajstić information content (AvgIpc) is 2.39. The van der Waals surface area contributed by atoms with E-state index in [2.05, 4.69) is 4.98 Å². The van der Waals surface area contributed by atoms with Crippen molar-refractivity contribution < 1.29 is 13.9 Å². The van der Waals surface area contributed by atoms with E-state index in [-0.39, 0.29) is 12.4 Å². The van der Waals surface area contributed by atoms with Crippen molar-refractivity contribution in [3.8, 4) is 5.75 Å². The van der Waals surface area contributed by atoms with E-state index in [1.54, 1.807) is 6.20 Å². The van der Waals surface area contributed by atoms with Crippen molar-refractivity contribution in [3.05, 3.63) is 35.4 Å². The first-order chi connectivity index (χ1) is 8.72. The summed E-state index contributed by atoms with van der Waals surface area (Å²) in [6.45, 7) is 2.10. The number of pyridine rings is 1. The molecule has 0 radical (unpaired) electrons. The Bertz CT molecular complexity index is 483. The average molecular weight is 249 g/mol. The second kappa shape index (κ2) is 5.76. The third-order valence-corrected chi connectivity index (χ3v) is 3.10. The van der Waals surface area contributed by atoms with E-state index in [0.29, 0.717) is 43.3 Å². The summed E-state index contributed by atoms with van der Waals surface area (Å²) in [5.41, 5.74) is 2.51. The Kier molecular flexibility index (Phi) is 4.07. The SMILES string of the molecule is CC/C(=C/F)COc1cnc2c(c1)CC(=O)CC2. The van der Waals surface area contributed by atoms with Gasteiger partial charge in [-0.05, 0) is 30.0 Å². The minimum absolute atomic E-state index is 0.224. The number of fused-ring (bicyclic) bond motifs is 1. The molecule has 2 rings (SSSR count). The third kappa shape index (κ3) is 2.94. The number of ether oxygens (including phenoxy) is 1. The summed E-state index contributed by atoms with van der Waals surface area (Å²) >= 11 is 0. The van der Waals surface area contributed by atoms with Crippen molar-refractivity contribution >= 4 is 5.78 Å². The Morgan fingerprint density at radius 1 is 1.56 bits per heavy atom. The maximum Gasteiger partial charge on any atom is 0.138 e. The second-order valence-corrected chi connectivity index (χ2v) is 4.40. The molecule has 0 aliphatic heterocycles. The van der Waals surface area contributed by atoms with Gasteiger partial charge < -0.3 is 4.74 Å². The van der Waals surface area contributed by atoms with Crippen LogP contribution >= 0.6 is 0 Å². The number of aromatic nitrogens is 1. The number of carbonyl (C=O) groups is 1. The molecule has 0 saturated carbocycles. The van der Waals surface area contributed by atoms with Crippen LogP contribution in [0, 0.1) is 0 Å². The van der Waals surface area contributed by atoms with Crippen LogP contribution in [0.1, 0.15) is 31.0 Å². The Hall–Kier alpha value is -1.71. The molecule has 1 aliphatic rings. The highest BCUT2D eigenvalue weighted by Crippen LogP contribution is 2.22.